The average molecular weight is 227 g/mol. The van der Waals surface area contributed by atoms with Crippen molar-refractivity contribution in [2.75, 3.05) is 6.61 Å². The van der Waals surface area contributed by atoms with Gasteiger partial charge in [0.2, 0.25) is 0 Å². The highest BCUT2D eigenvalue weighted by Crippen LogP contribution is 2.29. The van der Waals surface area contributed by atoms with Crippen LogP contribution in [0.3, 0.4) is 0 Å². The van der Waals surface area contributed by atoms with E-state index in [9.17, 15) is 5.11 Å². The molecular formula is C14H29NO. The number of hydrogen-bond donors (Lipinski definition) is 2. The first-order valence-electron chi connectivity index (χ1n) is 7.09. The summed E-state index contributed by atoms with van der Waals surface area (Å²) in [7, 11) is 0. The molecule has 0 spiro atoms. The minimum absolute atomic E-state index is 0.0323. The monoisotopic (exact) mass is 227 g/mol. The van der Waals surface area contributed by atoms with Crippen molar-refractivity contribution in [2.45, 2.75) is 77.3 Å². The van der Waals surface area contributed by atoms with Crippen LogP contribution in [-0.4, -0.2) is 23.3 Å². The molecule has 2 nitrogen and oxygen atoms in total. The molecule has 1 aliphatic rings. The van der Waals surface area contributed by atoms with Gasteiger partial charge in [0, 0.05) is 11.6 Å². The van der Waals surface area contributed by atoms with E-state index in [4.69, 9.17) is 0 Å². The molecule has 0 radical (unpaired) electrons. The molecule has 0 aromatic carbocycles. The predicted molar refractivity (Wildman–Crippen MR) is 69.6 cm³/mol. The van der Waals surface area contributed by atoms with Crippen molar-refractivity contribution < 1.29 is 5.11 Å². The zero-order chi connectivity index (χ0) is 12.0. The first kappa shape index (κ1) is 14.0. The van der Waals surface area contributed by atoms with Crippen molar-refractivity contribution >= 4 is 0 Å². The van der Waals surface area contributed by atoms with E-state index in [1.54, 1.807) is 0 Å². The molecule has 1 rings (SSSR count). The minimum Gasteiger partial charge on any atom is -0.394 e. The first-order valence-corrected chi connectivity index (χ1v) is 7.09. The minimum atomic E-state index is -0.0323. The molecule has 0 saturated heterocycles. The van der Waals surface area contributed by atoms with Gasteiger partial charge in [0.15, 0.2) is 0 Å². The summed E-state index contributed by atoms with van der Waals surface area (Å²) in [6, 6.07) is 0.630. The van der Waals surface area contributed by atoms with E-state index in [0.29, 0.717) is 6.04 Å². The second-order valence-corrected chi connectivity index (χ2v) is 5.35. The summed E-state index contributed by atoms with van der Waals surface area (Å²) in [5, 5.41) is 13.4. The fourth-order valence-corrected chi connectivity index (χ4v) is 3.00. The lowest BCUT2D eigenvalue weighted by molar-refractivity contribution is 0.110. The Hall–Kier alpha value is -0.0800. The van der Waals surface area contributed by atoms with Crippen molar-refractivity contribution in [2.24, 2.45) is 5.92 Å². The van der Waals surface area contributed by atoms with Gasteiger partial charge in [-0.3, -0.25) is 0 Å². The summed E-state index contributed by atoms with van der Waals surface area (Å²) in [5.74, 6) is 0.817. The van der Waals surface area contributed by atoms with Crippen molar-refractivity contribution in [1.29, 1.82) is 0 Å². The fourth-order valence-electron chi connectivity index (χ4n) is 3.00. The molecule has 0 aromatic heterocycles. The van der Waals surface area contributed by atoms with Crippen LogP contribution in [0.2, 0.25) is 0 Å². The molecule has 96 valence electrons. The largest absolute Gasteiger partial charge is 0.394 e. The molecule has 16 heavy (non-hydrogen) atoms. The summed E-state index contributed by atoms with van der Waals surface area (Å²) < 4.78 is 0. The molecule has 0 amide bonds. The Morgan fingerprint density at radius 3 is 2.25 bits per heavy atom. The number of nitrogens with one attached hydrogen (secondary N) is 1. The highest BCUT2D eigenvalue weighted by atomic mass is 16.3. The Labute approximate surface area is 101 Å². The van der Waals surface area contributed by atoms with Crippen molar-refractivity contribution in [1.82, 2.24) is 5.32 Å². The lowest BCUT2D eigenvalue weighted by atomic mass is 9.80. The molecule has 0 heterocycles. The van der Waals surface area contributed by atoms with Gasteiger partial charge in [0.25, 0.3) is 0 Å². The third-order valence-corrected chi connectivity index (χ3v) is 4.58. The second kappa shape index (κ2) is 6.61. The molecule has 2 atom stereocenters. The molecule has 1 aliphatic carbocycles. The van der Waals surface area contributed by atoms with E-state index in [0.717, 1.165) is 18.8 Å². The van der Waals surface area contributed by atoms with E-state index in [2.05, 4.69) is 26.1 Å². The van der Waals surface area contributed by atoms with Crippen LogP contribution in [0.1, 0.15) is 65.7 Å². The topological polar surface area (TPSA) is 32.3 Å². The molecule has 0 bridgehead atoms. The molecule has 1 saturated carbocycles. The standard InChI is InChI=1S/C14H29NO/c1-4-12-9-7-8-10-13(12)15-14(5-2,6-3)11-16/h12-13,15-16H,4-11H2,1-3H3. The Kier molecular flexibility index (Phi) is 5.77. The normalized spacial score (nSPS) is 27.0. The Morgan fingerprint density at radius 2 is 1.75 bits per heavy atom. The maximum atomic E-state index is 9.60. The quantitative estimate of drug-likeness (QED) is 0.731. The van der Waals surface area contributed by atoms with E-state index in [1.165, 1.54) is 32.1 Å². The molecule has 2 heteroatoms. The molecule has 1 fully saturated rings. The van der Waals surface area contributed by atoms with Gasteiger partial charge >= 0.3 is 0 Å². The smallest absolute Gasteiger partial charge is 0.0613 e. The summed E-state index contributed by atoms with van der Waals surface area (Å²) in [6.45, 7) is 6.92. The molecule has 0 aliphatic heterocycles. The Morgan fingerprint density at radius 1 is 1.12 bits per heavy atom. The number of hydrogen-bond acceptors (Lipinski definition) is 2. The molecule has 0 aromatic rings. The van der Waals surface area contributed by atoms with Crippen LogP contribution in [0.5, 0.6) is 0 Å². The number of rotatable bonds is 6. The highest BCUT2D eigenvalue weighted by molar-refractivity contribution is 4.91. The Balaban J connectivity index is 2.61. The van der Waals surface area contributed by atoms with Gasteiger partial charge in [-0.2, -0.15) is 0 Å². The second-order valence-electron chi connectivity index (χ2n) is 5.35. The summed E-state index contributed by atoms with van der Waals surface area (Å²) in [5.41, 5.74) is -0.0323. The SMILES string of the molecule is CCC1CCCCC1NC(CC)(CC)CO. The summed E-state index contributed by atoms with van der Waals surface area (Å²) in [6.07, 6.45) is 8.71. The van der Waals surface area contributed by atoms with Crippen molar-refractivity contribution in [3.8, 4) is 0 Å². The van der Waals surface area contributed by atoms with E-state index < -0.39 is 0 Å². The predicted octanol–water partition coefficient (Wildman–Crippen LogP) is 3.10. The van der Waals surface area contributed by atoms with Crippen molar-refractivity contribution in [3.05, 3.63) is 0 Å². The Bertz CT molecular complexity index is 181. The average Bonchev–Trinajstić information content (AvgIpc) is 2.36. The van der Waals surface area contributed by atoms with Crippen molar-refractivity contribution in [3.63, 3.8) is 0 Å². The van der Waals surface area contributed by atoms with E-state index >= 15 is 0 Å². The van der Waals surface area contributed by atoms with Crippen LogP contribution in [0.15, 0.2) is 0 Å². The fraction of sp³-hybridized carbons (Fsp3) is 1.00. The first-order chi connectivity index (χ1) is 7.71. The van der Waals surface area contributed by atoms with Crippen LogP contribution in [-0.2, 0) is 0 Å². The third kappa shape index (κ3) is 3.21. The van der Waals surface area contributed by atoms with Gasteiger partial charge in [-0.25, -0.2) is 0 Å². The third-order valence-electron chi connectivity index (χ3n) is 4.58. The lowest BCUT2D eigenvalue weighted by Gasteiger charge is -2.40. The lowest BCUT2D eigenvalue weighted by Crippen LogP contribution is -2.55. The maximum absolute atomic E-state index is 9.60. The maximum Gasteiger partial charge on any atom is 0.0613 e. The van der Waals surface area contributed by atoms with Gasteiger partial charge in [-0.15, -0.1) is 0 Å². The molecular weight excluding hydrogens is 198 g/mol. The van der Waals surface area contributed by atoms with Crippen LogP contribution >= 0.6 is 0 Å². The molecule has 2 unspecified atom stereocenters. The zero-order valence-corrected chi connectivity index (χ0v) is 11.3. The van der Waals surface area contributed by atoms with Gasteiger partial charge in [0.1, 0.15) is 0 Å². The van der Waals surface area contributed by atoms with Crippen LogP contribution in [0, 0.1) is 5.92 Å². The van der Waals surface area contributed by atoms with Gasteiger partial charge in [-0.05, 0) is 31.6 Å². The van der Waals surface area contributed by atoms with Crippen LogP contribution in [0.25, 0.3) is 0 Å². The summed E-state index contributed by atoms with van der Waals surface area (Å²) in [4.78, 5) is 0. The summed E-state index contributed by atoms with van der Waals surface area (Å²) >= 11 is 0. The van der Waals surface area contributed by atoms with Crippen LogP contribution < -0.4 is 5.32 Å². The molecule has 2 N–H and O–H groups in total. The number of aliphatic hydroxyl groups is 1. The highest BCUT2D eigenvalue weighted by Gasteiger charge is 2.32. The van der Waals surface area contributed by atoms with Gasteiger partial charge in [-0.1, -0.05) is 40.0 Å². The van der Waals surface area contributed by atoms with E-state index in [-0.39, 0.29) is 12.1 Å². The number of aliphatic hydroxyl groups excluding tert-OH is 1. The van der Waals surface area contributed by atoms with Gasteiger partial charge < -0.3 is 10.4 Å². The van der Waals surface area contributed by atoms with Gasteiger partial charge in [0.05, 0.1) is 6.61 Å². The van der Waals surface area contributed by atoms with Crippen LogP contribution in [0.4, 0.5) is 0 Å². The van der Waals surface area contributed by atoms with E-state index in [1.807, 2.05) is 0 Å². The zero-order valence-electron chi connectivity index (χ0n) is 11.3.